The molecule has 1 aliphatic rings. The zero-order valence-electron chi connectivity index (χ0n) is 11.8. The second-order valence-corrected chi connectivity index (χ2v) is 4.34. The van der Waals surface area contributed by atoms with Crippen molar-refractivity contribution in [2.24, 2.45) is 0 Å². The zero-order valence-corrected chi connectivity index (χ0v) is 11.8. The summed E-state index contributed by atoms with van der Waals surface area (Å²) in [5.74, 6) is -0.977. The standard InChI is InChI=1S/C13H24O7/c14-12(15)11-18-8-7-16-5-6-17-9-10-20-13-3-1-2-4-19-13/h13H,1-11H2,(H,14,15). The van der Waals surface area contributed by atoms with Gasteiger partial charge in [-0.15, -0.1) is 0 Å². The molecule has 7 heteroatoms. The summed E-state index contributed by atoms with van der Waals surface area (Å²) in [6.07, 6.45) is 3.15. The van der Waals surface area contributed by atoms with Gasteiger partial charge in [-0.3, -0.25) is 0 Å². The van der Waals surface area contributed by atoms with Crippen LogP contribution in [0.4, 0.5) is 0 Å². The molecule has 0 bridgehead atoms. The fraction of sp³-hybridized carbons (Fsp3) is 0.923. The highest BCUT2D eigenvalue weighted by molar-refractivity contribution is 5.67. The highest BCUT2D eigenvalue weighted by atomic mass is 16.7. The quantitative estimate of drug-likeness (QED) is 0.529. The maximum atomic E-state index is 10.1. The lowest BCUT2D eigenvalue weighted by atomic mass is 10.2. The van der Waals surface area contributed by atoms with E-state index in [0.29, 0.717) is 33.0 Å². The van der Waals surface area contributed by atoms with E-state index in [0.717, 1.165) is 25.9 Å². The van der Waals surface area contributed by atoms with Crippen molar-refractivity contribution in [3.8, 4) is 0 Å². The van der Waals surface area contributed by atoms with Crippen LogP contribution in [0, 0.1) is 0 Å². The first-order valence-corrected chi connectivity index (χ1v) is 6.97. The average Bonchev–Trinajstić information content (AvgIpc) is 2.45. The Hall–Kier alpha value is -0.730. The lowest BCUT2D eigenvalue weighted by molar-refractivity contribution is -0.169. The van der Waals surface area contributed by atoms with Crippen LogP contribution in [-0.2, 0) is 28.5 Å². The Morgan fingerprint density at radius 3 is 2.25 bits per heavy atom. The third-order valence-corrected chi connectivity index (χ3v) is 2.64. The molecule has 1 N–H and O–H groups in total. The number of ether oxygens (including phenoxy) is 5. The third kappa shape index (κ3) is 10.1. The molecule has 0 aliphatic carbocycles. The van der Waals surface area contributed by atoms with E-state index in [1.807, 2.05) is 0 Å². The molecule has 1 atom stereocenters. The zero-order chi connectivity index (χ0) is 14.5. The van der Waals surface area contributed by atoms with Gasteiger partial charge >= 0.3 is 5.97 Å². The van der Waals surface area contributed by atoms with Crippen LogP contribution in [0.15, 0.2) is 0 Å². The molecule has 0 aromatic rings. The number of rotatable bonds is 12. The summed E-state index contributed by atoms with van der Waals surface area (Å²) in [7, 11) is 0. The summed E-state index contributed by atoms with van der Waals surface area (Å²) < 4.78 is 26.3. The Morgan fingerprint density at radius 2 is 1.65 bits per heavy atom. The Bertz CT molecular complexity index is 241. The van der Waals surface area contributed by atoms with Crippen molar-refractivity contribution >= 4 is 5.97 Å². The number of carbonyl (C=O) groups is 1. The van der Waals surface area contributed by atoms with Crippen molar-refractivity contribution in [1.29, 1.82) is 0 Å². The van der Waals surface area contributed by atoms with E-state index >= 15 is 0 Å². The van der Waals surface area contributed by atoms with Crippen LogP contribution in [-0.4, -0.2) is 70.2 Å². The van der Waals surface area contributed by atoms with Crippen LogP contribution in [0.25, 0.3) is 0 Å². The summed E-state index contributed by atoms with van der Waals surface area (Å²) in [5.41, 5.74) is 0. The van der Waals surface area contributed by atoms with Crippen molar-refractivity contribution in [2.45, 2.75) is 25.6 Å². The predicted molar refractivity (Wildman–Crippen MR) is 69.6 cm³/mol. The number of aliphatic carboxylic acids is 1. The number of carboxylic acid groups (broad SMARTS) is 1. The smallest absolute Gasteiger partial charge is 0.329 e. The molecule has 0 aromatic carbocycles. The van der Waals surface area contributed by atoms with Crippen LogP contribution in [0.5, 0.6) is 0 Å². The molecular weight excluding hydrogens is 268 g/mol. The van der Waals surface area contributed by atoms with Gasteiger partial charge in [-0.1, -0.05) is 0 Å². The van der Waals surface area contributed by atoms with Crippen LogP contribution >= 0.6 is 0 Å². The van der Waals surface area contributed by atoms with Gasteiger partial charge in [0.25, 0.3) is 0 Å². The molecule has 1 rings (SSSR count). The molecule has 20 heavy (non-hydrogen) atoms. The Labute approximate surface area is 119 Å². The molecule has 1 aliphatic heterocycles. The molecule has 0 spiro atoms. The largest absolute Gasteiger partial charge is 0.480 e. The second kappa shape index (κ2) is 12.0. The fourth-order valence-corrected chi connectivity index (χ4v) is 1.68. The van der Waals surface area contributed by atoms with Crippen molar-refractivity contribution in [2.75, 3.05) is 52.9 Å². The second-order valence-electron chi connectivity index (χ2n) is 4.34. The number of hydrogen-bond donors (Lipinski definition) is 1. The van der Waals surface area contributed by atoms with Crippen LogP contribution in [0.1, 0.15) is 19.3 Å². The fourth-order valence-electron chi connectivity index (χ4n) is 1.68. The molecule has 0 saturated carbocycles. The van der Waals surface area contributed by atoms with E-state index in [-0.39, 0.29) is 19.5 Å². The first kappa shape index (κ1) is 17.3. The minimum Gasteiger partial charge on any atom is -0.480 e. The Balaban J connectivity index is 1.73. The van der Waals surface area contributed by atoms with Crippen LogP contribution in [0.3, 0.4) is 0 Å². The van der Waals surface area contributed by atoms with E-state index < -0.39 is 5.97 Å². The molecule has 7 nitrogen and oxygen atoms in total. The van der Waals surface area contributed by atoms with E-state index in [1.165, 1.54) is 0 Å². The summed E-state index contributed by atoms with van der Waals surface area (Å²) in [6, 6.07) is 0. The lowest BCUT2D eigenvalue weighted by Crippen LogP contribution is -2.24. The first-order chi connectivity index (χ1) is 9.79. The van der Waals surface area contributed by atoms with Crippen molar-refractivity contribution in [3.05, 3.63) is 0 Å². The SMILES string of the molecule is O=C(O)COCCOCCOCCOC1CCCCO1. The van der Waals surface area contributed by atoms with Gasteiger partial charge in [0.1, 0.15) is 6.61 Å². The number of carboxylic acids is 1. The van der Waals surface area contributed by atoms with Crippen molar-refractivity contribution in [1.82, 2.24) is 0 Å². The van der Waals surface area contributed by atoms with Gasteiger partial charge in [0, 0.05) is 6.61 Å². The van der Waals surface area contributed by atoms with Crippen LogP contribution in [0.2, 0.25) is 0 Å². The highest BCUT2D eigenvalue weighted by Crippen LogP contribution is 2.13. The topological polar surface area (TPSA) is 83.5 Å². The summed E-state index contributed by atoms with van der Waals surface area (Å²) in [5, 5.41) is 8.32. The summed E-state index contributed by atoms with van der Waals surface area (Å²) in [4.78, 5) is 10.1. The molecule has 0 amide bonds. The molecule has 1 fully saturated rings. The summed E-state index contributed by atoms with van der Waals surface area (Å²) >= 11 is 0. The van der Waals surface area contributed by atoms with E-state index in [2.05, 4.69) is 0 Å². The van der Waals surface area contributed by atoms with Gasteiger partial charge in [-0.2, -0.15) is 0 Å². The van der Waals surface area contributed by atoms with Gasteiger partial charge in [-0.05, 0) is 19.3 Å². The normalized spacial score (nSPS) is 19.1. The molecule has 0 radical (unpaired) electrons. The molecular formula is C13H24O7. The first-order valence-electron chi connectivity index (χ1n) is 6.97. The van der Waals surface area contributed by atoms with Crippen molar-refractivity contribution in [3.63, 3.8) is 0 Å². The molecule has 1 saturated heterocycles. The minimum atomic E-state index is -0.977. The maximum Gasteiger partial charge on any atom is 0.329 e. The van der Waals surface area contributed by atoms with Gasteiger partial charge in [-0.25, -0.2) is 4.79 Å². The highest BCUT2D eigenvalue weighted by Gasteiger charge is 2.13. The van der Waals surface area contributed by atoms with E-state index in [1.54, 1.807) is 0 Å². The predicted octanol–water partition coefficient (Wildman–Crippen LogP) is 0.664. The van der Waals surface area contributed by atoms with Gasteiger partial charge < -0.3 is 28.8 Å². The monoisotopic (exact) mass is 292 g/mol. The molecule has 0 aromatic heterocycles. The minimum absolute atomic E-state index is 0.0741. The van der Waals surface area contributed by atoms with Gasteiger partial charge in [0.05, 0.1) is 39.6 Å². The van der Waals surface area contributed by atoms with Crippen LogP contribution < -0.4 is 0 Å². The summed E-state index contributed by atoms with van der Waals surface area (Å²) in [6.45, 7) is 3.09. The Kier molecular flexibility index (Phi) is 10.4. The van der Waals surface area contributed by atoms with E-state index in [4.69, 9.17) is 28.8 Å². The third-order valence-electron chi connectivity index (χ3n) is 2.64. The molecule has 118 valence electrons. The van der Waals surface area contributed by atoms with Gasteiger partial charge in [0.2, 0.25) is 0 Å². The lowest BCUT2D eigenvalue weighted by Gasteiger charge is -2.22. The molecule has 1 unspecified atom stereocenters. The Morgan fingerprint density at radius 1 is 1.00 bits per heavy atom. The van der Waals surface area contributed by atoms with Gasteiger partial charge in [0.15, 0.2) is 6.29 Å². The van der Waals surface area contributed by atoms with E-state index in [9.17, 15) is 4.79 Å². The average molecular weight is 292 g/mol. The molecule has 1 heterocycles. The van der Waals surface area contributed by atoms with Crippen molar-refractivity contribution < 1.29 is 33.6 Å². The maximum absolute atomic E-state index is 10.1. The number of hydrogen-bond acceptors (Lipinski definition) is 6.